The molecule has 0 radical (unpaired) electrons. The number of fused-ring (bicyclic) bond motifs is 1. The fourth-order valence-corrected chi connectivity index (χ4v) is 5.45. The first-order valence-electron chi connectivity index (χ1n) is 9.77. The van der Waals surface area contributed by atoms with E-state index in [1.807, 2.05) is 12.1 Å². The van der Waals surface area contributed by atoms with E-state index >= 15 is 0 Å². The molecule has 4 rings (SSSR count). The SMILES string of the molecule is Cc1cc(S(=O)(=O)Nc2cc3c(c(N4CCN(C)CC4)c2)OCC3)c(C)cc1Cl. The number of halogens is 1. The molecule has 2 heterocycles. The minimum atomic E-state index is -3.73. The minimum absolute atomic E-state index is 0.247. The number of hydrogen-bond donors (Lipinski definition) is 1. The van der Waals surface area contributed by atoms with Crippen LogP contribution in [-0.2, 0) is 16.4 Å². The minimum Gasteiger partial charge on any atom is -0.491 e. The Bertz CT molecular complexity index is 1050. The van der Waals surface area contributed by atoms with Crippen molar-refractivity contribution in [3.8, 4) is 5.75 Å². The molecule has 1 fully saturated rings. The van der Waals surface area contributed by atoms with Crippen molar-refractivity contribution in [2.75, 3.05) is 49.5 Å². The van der Waals surface area contributed by atoms with Gasteiger partial charge in [0, 0.05) is 43.2 Å². The lowest BCUT2D eigenvalue weighted by Gasteiger charge is -2.35. The number of nitrogens with one attached hydrogen (secondary N) is 1. The Balaban J connectivity index is 1.69. The van der Waals surface area contributed by atoms with Crippen LogP contribution in [0.1, 0.15) is 16.7 Å². The van der Waals surface area contributed by atoms with Gasteiger partial charge in [-0.1, -0.05) is 11.6 Å². The van der Waals surface area contributed by atoms with Gasteiger partial charge >= 0.3 is 0 Å². The summed E-state index contributed by atoms with van der Waals surface area (Å²) in [6.45, 7) is 7.89. The first-order valence-corrected chi connectivity index (χ1v) is 11.6. The maximum absolute atomic E-state index is 13.1. The zero-order chi connectivity index (χ0) is 20.8. The van der Waals surface area contributed by atoms with Crippen LogP contribution in [-0.4, -0.2) is 53.2 Å². The monoisotopic (exact) mass is 435 g/mol. The highest BCUT2D eigenvalue weighted by molar-refractivity contribution is 7.92. The Morgan fingerprint density at radius 1 is 1.03 bits per heavy atom. The predicted molar refractivity (Wildman–Crippen MR) is 117 cm³/mol. The van der Waals surface area contributed by atoms with E-state index in [0.29, 0.717) is 22.9 Å². The average molecular weight is 436 g/mol. The first-order chi connectivity index (χ1) is 13.7. The van der Waals surface area contributed by atoms with Crippen LogP contribution in [0, 0.1) is 13.8 Å². The largest absolute Gasteiger partial charge is 0.491 e. The smallest absolute Gasteiger partial charge is 0.262 e. The second-order valence-electron chi connectivity index (χ2n) is 7.84. The molecule has 2 aromatic carbocycles. The van der Waals surface area contributed by atoms with Crippen molar-refractivity contribution in [1.29, 1.82) is 0 Å². The second-order valence-corrected chi connectivity index (χ2v) is 9.90. The van der Waals surface area contributed by atoms with Gasteiger partial charge in [-0.05, 0) is 56.3 Å². The molecule has 1 N–H and O–H groups in total. The highest BCUT2D eigenvalue weighted by Gasteiger charge is 2.26. The van der Waals surface area contributed by atoms with Crippen LogP contribution in [0.5, 0.6) is 5.75 Å². The molecule has 0 aliphatic carbocycles. The Hall–Kier alpha value is -1.96. The van der Waals surface area contributed by atoms with E-state index in [2.05, 4.69) is 21.6 Å². The van der Waals surface area contributed by atoms with Gasteiger partial charge in [-0.3, -0.25) is 4.72 Å². The van der Waals surface area contributed by atoms with Crippen LogP contribution in [0.2, 0.25) is 5.02 Å². The van der Waals surface area contributed by atoms with Crippen molar-refractivity contribution < 1.29 is 13.2 Å². The fourth-order valence-electron chi connectivity index (χ4n) is 3.88. The summed E-state index contributed by atoms with van der Waals surface area (Å²) in [5.41, 5.74) is 3.93. The summed E-state index contributed by atoms with van der Waals surface area (Å²) in [7, 11) is -1.62. The molecular formula is C21H26ClN3O3S. The van der Waals surface area contributed by atoms with Crippen LogP contribution in [0.15, 0.2) is 29.2 Å². The van der Waals surface area contributed by atoms with Crippen molar-refractivity contribution in [3.63, 3.8) is 0 Å². The van der Waals surface area contributed by atoms with E-state index in [0.717, 1.165) is 55.2 Å². The van der Waals surface area contributed by atoms with Gasteiger partial charge in [0.15, 0.2) is 0 Å². The molecule has 2 aliphatic heterocycles. The predicted octanol–water partition coefficient (Wildman–Crippen LogP) is 3.44. The number of anilines is 2. The Kier molecular flexibility index (Phi) is 5.40. The molecule has 0 bridgehead atoms. The number of rotatable bonds is 4. The normalized spacial score (nSPS) is 17.2. The summed E-state index contributed by atoms with van der Waals surface area (Å²) in [5, 5.41) is 0.563. The van der Waals surface area contributed by atoms with Gasteiger partial charge < -0.3 is 14.5 Å². The van der Waals surface area contributed by atoms with E-state index in [1.165, 1.54) is 0 Å². The lowest BCUT2D eigenvalue weighted by molar-refractivity contribution is 0.309. The van der Waals surface area contributed by atoms with Crippen LogP contribution < -0.4 is 14.4 Å². The molecule has 29 heavy (non-hydrogen) atoms. The highest BCUT2D eigenvalue weighted by Crippen LogP contribution is 2.40. The molecule has 8 heteroatoms. The Morgan fingerprint density at radius 3 is 2.48 bits per heavy atom. The van der Waals surface area contributed by atoms with Gasteiger partial charge in [0.25, 0.3) is 10.0 Å². The van der Waals surface area contributed by atoms with Crippen LogP contribution in [0.4, 0.5) is 11.4 Å². The first kappa shape index (κ1) is 20.3. The number of nitrogens with zero attached hydrogens (tertiary/aromatic N) is 2. The summed E-state index contributed by atoms with van der Waals surface area (Å²) in [6, 6.07) is 7.10. The van der Waals surface area contributed by atoms with Crippen LogP contribution >= 0.6 is 11.6 Å². The van der Waals surface area contributed by atoms with Crippen molar-refractivity contribution in [1.82, 2.24) is 4.90 Å². The van der Waals surface area contributed by atoms with Crippen LogP contribution in [0.25, 0.3) is 0 Å². The number of piperazine rings is 1. The van der Waals surface area contributed by atoms with Gasteiger partial charge in [-0.2, -0.15) is 0 Å². The van der Waals surface area contributed by atoms with Crippen molar-refractivity contribution in [2.45, 2.75) is 25.2 Å². The Morgan fingerprint density at radius 2 is 1.76 bits per heavy atom. The number of aryl methyl sites for hydroxylation is 2. The summed E-state index contributed by atoms with van der Waals surface area (Å²) in [6.07, 6.45) is 0.782. The van der Waals surface area contributed by atoms with Gasteiger partial charge in [-0.15, -0.1) is 0 Å². The second kappa shape index (κ2) is 7.70. The third-order valence-corrected chi connectivity index (χ3v) is 7.54. The number of sulfonamides is 1. The molecule has 0 saturated carbocycles. The molecule has 1 saturated heterocycles. The van der Waals surface area contributed by atoms with E-state index in [-0.39, 0.29) is 4.90 Å². The molecule has 0 atom stereocenters. The fraction of sp³-hybridized carbons (Fsp3) is 0.429. The van der Waals surface area contributed by atoms with Gasteiger partial charge in [0.2, 0.25) is 0 Å². The maximum atomic E-state index is 13.1. The molecular weight excluding hydrogens is 410 g/mol. The standard InChI is InChI=1S/C21H26ClN3O3S/c1-14-11-20(15(2)10-18(14)22)29(26,27)23-17-12-16-4-9-28-21(16)19(13-17)25-7-5-24(3)6-8-25/h10-13,23H,4-9H2,1-3H3. The molecule has 2 aliphatic rings. The van der Waals surface area contributed by atoms with E-state index in [4.69, 9.17) is 16.3 Å². The lowest BCUT2D eigenvalue weighted by atomic mass is 10.1. The zero-order valence-electron chi connectivity index (χ0n) is 17.0. The zero-order valence-corrected chi connectivity index (χ0v) is 18.5. The van der Waals surface area contributed by atoms with E-state index in [1.54, 1.807) is 26.0 Å². The highest BCUT2D eigenvalue weighted by atomic mass is 35.5. The molecule has 156 valence electrons. The van der Waals surface area contributed by atoms with Gasteiger partial charge in [0.05, 0.1) is 22.9 Å². The number of ether oxygens (including phenoxy) is 1. The summed E-state index contributed by atoms with van der Waals surface area (Å²) in [4.78, 5) is 4.81. The van der Waals surface area contributed by atoms with E-state index < -0.39 is 10.0 Å². The molecule has 0 spiro atoms. The molecule has 0 aromatic heterocycles. The van der Waals surface area contributed by atoms with Crippen LogP contribution in [0.3, 0.4) is 0 Å². The van der Waals surface area contributed by atoms with Crippen molar-refractivity contribution >= 4 is 33.0 Å². The lowest BCUT2D eigenvalue weighted by Crippen LogP contribution is -2.44. The molecule has 0 unspecified atom stereocenters. The number of benzene rings is 2. The van der Waals surface area contributed by atoms with Gasteiger partial charge in [0.1, 0.15) is 5.75 Å². The third-order valence-electron chi connectivity index (χ3n) is 5.61. The average Bonchev–Trinajstić information content (AvgIpc) is 3.13. The summed E-state index contributed by atoms with van der Waals surface area (Å²) >= 11 is 6.14. The van der Waals surface area contributed by atoms with E-state index in [9.17, 15) is 8.42 Å². The quantitative estimate of drug-likeness (QED) is 0.797. The molecule has 6 nitrogen and oxygen atoms in total. The molecule has 0 amide bonds. The number of hydrogen-bond acceptors (Lipinski definition) is 5. The van der Waals surface area contributed by atoms with Gasteiger partial charge in [-0.25, -0.2) is 8.42 Å². The third kappa shape index (κ3) is 4.04. The number of likely N-dealkylation sites (N-methyl/N-ethyl adjacent to an activating group) is 1. The topological polar surface area (TPSA) is 61.9 Å². The maximum Gasteiger partial charge on any atom is 0.262 e. The Labute approximate surface area is 177 Å². The summed E-state index contributed by atoms with van der Waals surface area (Å²) in [5.74, 6) is 0.885. The summed E-state index contributed by atoms with van der Waals surface area (Å²) < 4.78 is 34.9. The molecule has 2 aromatic rings. The van der Waals surface area contributed by atoms with Crippen molar-refractivity contribution in [3.05, 3.63) is 46.0 Å². The van der Waals surface area contributed by atoms with Crippen molar-refractivity contribution in [2.24, 2.45) is 0 Å².